The van der Waals surface area contributed by atoms with Gasteiger partial charge < -0.3 is 5.73 Å². The average molecular weight is 130 g/mol. The lowest BCUT2D eigenvalue weighted by atomic mass is 10.6. The summed E-state index contributed by atoms with van der Waals surface area (Å²) in [5.41, 5.74) is 4.98. The van der Waals surface area contributed by atoms with E-state index >= 15 is 0 Å². The average Bonchev–Trinajstić information content (AvgIpc) is 1.81. The molecule has 0 aliphatic carbocycles. The van der Waals surface area contributed by atoms with E-state index in [1.54, 1.807) is 11.8 Å². The van der Waals surface area contributed by atoms with E-state index in [-0.39, 0.29) is 0 Å². The Morgan fingerprint density at radius 3 is 3.00 bits per heavy atom. The third kappa shape index (κ3) is 5.56. The van der Waals surface area contributed by atoms with Crippen molar-refractivity contribution in [3.8, 4) is 0 Å². The summed E-state index contributed by atoms with van der Waals surface area (Å²) in [4.78, 5) is 3.76. The van der Waals surface area contributed by atoms with Crippen molar-refractivity contribution in [1.29, 1.82) is 0 Å². The zero-order valence-corrected chi connectivity index (χ0v) is 5.69. The van der Waals surface area contributed by atoms with E-state index in [0.717, 1.165) is 0 Å². The first kappa shape index (κ1) is 7.56. The summed E-state index contributed by atoms with van der Waals surface area (Å²) in [5.74, 6) is 0. The molecule has 0 saturated carbocycles. The molecule has 0 heterocycles. The van der Waals surface area contributed by atoms with E-state index in [2.05, 4.69) is 4.99 Å². The Hall–Kier alpha value is -0.440. The van der Waals surface area contributed by atoms with Gasteiger partial charge in [-0.05, 0) is 11.7 Å². The summed E-state index contributed by atoms with van der Waals surface area (Å²) in [6.45, 7) is 0.692. The van der Waals surface area contributed by atoms with Crippen molar-refractivity contribution in [3.05, 3.63) is 11.5 Å². The van der Waals surface area contributed by atoms with Crippen molar-refractivity contribution in [3.63, 3.8) is 0 Å². The van der Waals surface area contributed by atoms with Gasteiger partial charge in [-0.2, -0.15) is 0 Å². The van der Waals surface area contributed by atoms with Crippen LogP contribution in [0, 0.1) is 0 Å². The fourth-order valence-corrected chi connectivity index (χ4v) is 0.539. The van der Waals surface area contributed by atoms with Gasteiger partial charge in [0.25, 0.3) is 0 Å². The minimum absolute atomic E-state index is 0.692. The number of hydrogen-bond donors (Lipinski definition) is 1. The normalized spacial score (nSPS) is 11.6. The highest BCUT2D eigenvalue weighted by molar-refractivity contribution is 8.01. The van der Waals surface area contributed by atoms with Crippen LogP contribution in [0.5, 0.6) is 0 Å². The summed E-state index contributed by atoms with van der Waals surface area (Å²) in [5, 5.41) is 1.98. The Morgan fingerprint density at radius 2 is 2.50 bits per heavy atom. The van der Waals surface area contributed by atoms with Crippen LogP contribution >= 0.6 is 11.8 Å². The number of thioether (sulfide) groups is 1. The number of rotatable bonds is 3. The van der Waals surface area contributed by atoms with E-state index in [9.17, 15) is 0 Å². The van der Waals surface area contributed by atoms with Crippen LogP contribution in [0.25, 0.3) is 0 Å². The molecule has 0 fully saturated rings. The fourth-order valence-electron chi connectivity index (χ4n) is 0.261. The molecule has 0 bridgehead atoms. The zero-order valence-electron chi connectivity index (χ0n) is 4.87. The third-order valence-corrected chi connectivity index (χ3v) is 1.01. The van der Waals surface area contributed by atoms with Crippen molar-refractivity contribution in [1.82, 2.24) is 0 Å². The molecule has 0 aliphatic rings. The molecule has 0 aromatic rings. The molecule has 0 amide bonds. The lowest BCUT2D eigenvalue weighted by Gasteiger charge is -1.78. The Balaban J connectivity index is 3.03. The van der Waals surface area contributed by atoms with Crippen LogP contribution in [0.4, 0.5) is 0 Å². The van der Waals surface area contributed by atoms with E-state index in [4.69, 9.17) is 5.73 Å². The molecule has 0 spiro atoms. The van der Waals surface area contributed by atoms with Gasteiger partial charge in [-0.1, -0.05) is 6.08 Å². The number of aliphatic imine (C=N–C) groups is 1. The fraction of sp³-hybridized carbons (Fsp3) is 0.400. The third-order valence-electron chi connectivity index (χ3n) is 0.549. The summed E-state index contributed by atoms with van der Waals surface area (Å²) in [6, 6.07) is 0. The first-order valence-corrected chi connectivity index (χ1v) is 3.58. The molecule has 0 aromatic heterocycles. The van der Waals surface area contributed by atoms with Crippen LogP contribution in [0.3, 0.4) is 0 Å². The van der Waals surface area contributed by atoms with Crippen LogP contribution in [-0.2, 0) is 0 Å². The molecule has 0 radical (unpaired) electrons. The smallest absolute Gasteiger partial charge is 0.0801 e. The lowest BCUT2D eigenvalue weighted by Crippen LogP contribution is -1.88. The second kappa shape index (κ2) is 6.56. The standard InChI is InChI=1S/C5H10N2S/c1-8-4-2-3-7-5-6/h2,4-5H,3H2,1H3,(H2,6,7)/b4-2-. The molecule has 0 aliphatic heterocycles. The summed E-state index contributed by atoms with van der Waals surface area (Å²) >= 11 is 1.66. The molecule has 3 heteroatoms. The quantitative estimate of drug-likeness (QED) is 0.454. The molecule has 0 atom stereocenters. The second-order valence-corrected chi connectivity index (χ2v) is 1.87. The van der Waals surface area contributed by atoms with Crippen LogP contribution in [-0.4, -0.2) is 19.1 Å². The Labute approximate surface area is 53.9 Å². The van der Waals surface area contributed by atoms with Crippen molar-refractivity contribution in [2.75, 3.05) is 12.8 Å². The van der Waals surface area contributed by atoms with Gasteiger partial charge >= 0.3 is 0 Å². The molecule has 0 rings (SSSR count). The van der Waals surface area contributed by atoms with Gasteiger partial charge in [-0.25, -0.2) is 0 Å². The van der Waals surface area contributed by atoms with Gasteiger partial charge in [-0.3, -0.25) is 4.99 Å². The largest absolute Gasteiger partial charge is 0.390 e. The molecule has 2 N–H and O–H groups in total. The molecule has 0 unspecified atom stereocenters. The SMILES string of the molecule is CS/C=C\CN=CN. The number of nitrogens with two attached hydrogens (primary N) is 1. The Morgan fingerprint density at radius 1 is 1.75 bits per heavy atom. The minimum Gasteiger partial charge on any atom is -0.390 e. The van der Waals surface area contributed by atoms with Gasteiger partial charge in [0.15, 0.2) is 0 Å². The predicted molar refractivity (Wildman–Crippen MR) is 40.2 cm³/mol. The van der Waals surface area contributed by atoms with Crippen molar-refractivity contribution in [2.24, 2.45) is 10.7 Å². The molecular formula is C5H10N2S. The maximum Gasteiger partial charge on any atom is 0.0801 e. The maximum atomic E-state index is 4.98. The highest BCUT2D eigenvalue weighted by Crippen LogP contribution is 1.91. The molecule has 2 nitrogen and oxygen atoms in total. The zero-order chi connectivity index (χ0) is 6.24. The van der Waals surface area contributed by atoms with E-state index in [0.29, 0.717) is 6.54 Å². The highest BCUT2D eigenvalue weighted by Gasteiger charge is 1.65. The summed E-state index contributed by atoms with van der Waals surface area (Å²) in [6.07, 6.45) is 5.27. The van der Waals surface area contributed by atoms with Crippen LogP contribution in [0.15, 0.2) is 16.5 Å². The van der Waals surface area contributed by atoms with Gasteiger partial charge in [0.1, 0.15) is 0 Å². The minimum atomic E-state index is 0.692. The Kier molecular flexibility index (Phi) is 6.20. The molecule has 46 valence electrons. The van der Waals surface area contributed by atoms with Crippen LogP contribution in [0.2, 0.25) is 0 Å². The first-order chi connectivity index (χ1) is 3.91. The van der Waals surface area contributed by atoms with Gasteiger partial charge in [0, 0.05) is 0 Å². The van der Waals surface area contributed by atoms with Crippen LogP contribution < -0.4 is 5.73 Å². The molecule has 0 saturated heterocycles. The second-order valence-electron chi connectivity index (χ2n) is 1.12. The molecule has 8 heavy (non-hydrogen) atoms. The van der Waals surface area contributed by atoms with Gasteiger partial charge in [0.2, 0.25) is 0 Å². The van der Waals surface area contributed by atoms with Crippen molar-refractivity contribution < 1.29 is 0 Å². The van der Waals surface area contributed by atoms with Crippen molar-refractivity contribution in [2.45, 2.75) is 0 Å². The van der Waals surface area contributed by atoms with E-state index in [1.807, 2.05) is 17.7 Å². The summed E-state index contributed by atoms with van der Waals surface area (Å²) in [7, 11) is 0. The maximum absolute atomic E-state index is 4.98. The topological polar surface area (TPSA) is 38.4 Å². The molecular weight excluding hydrogens is 120 g/mol. The van der Waals surface area contributed by atoms with Crippen molar-refractivity contribution >= 4 is 18.1 Å². The van der Waals surface area contributed by atoms with Crippen LogP contribution in [0.1, 0.15) is 0 Å². The highest BCUT2D eigenvalue weighted by atomic mass is 32.2. The summed E-state index contributed by atoms with van der Waals surface area (Å²) < 4.78 is 0. The molecule has 0 aromatic carbocycles. The predicted octanol–water partition coefficient (Wildman–Crippen LogP) is 0.850. The first-order valence-electron chi connectivity index (χ1n) is 2.29. The number of hydrogen-bond acceptors (Lipinski definition) is 2. The van der Waals surface area contributed by atoms with Gasteiger partial charge in [0.05, 0.1) is 12.9 Å². The number of nitrogens with zero attached hydrogens (tertiary/aromatic N) is 1. The van der Waals surface area contributed by atoms with E-state index in [1.165, 1.54) is 6.34 Å². The Bertz CT molecular complexity index is 88.4. The van der Waals surface area contributed by atoms with E-state index < -0.39 is 0 Å². The van der Waals surface area contributed by atoms with Gasteiger partial charge in [-0.15, -0.1) is 11.8 Å². The lowest BCUT2D eigenvalue weighted by molar-refractivity contribution is 1.25. The monoisotopic (exact) mass is 130 g/mol.